The van der Waals surface area contributed by atoms with Gasteiger partial charge in [0.1, 0.15) is 17.2 Å². The number of hydrogen-bond acceptors (Lipinski definition) is 5. The second-order valence-electron chi connectivity index (χ2n) is 7.87. The summed E-state index contributed by atoms with van der Waals surface area (Å²) < 4.78 is 10.5. The van der Waals surface area contributed by atoms with E-state index in [1.165, 1.54) is 0 Å². The van der Waals surface area contributed by atoms with E-state index in [2.05, 4.69) is 0 Å². The SMILES string of the molecule is CC(C)(C)OC(=O)N(C(=O)OC(C)(C)C)C(Cc1ccccc1)C(=O)O. The van der Waals surface area contributed by atoms with Crippen molar-refractivity contribution >= 4 is 18.2 Å². The Labute approximate surface area is 153 Å². The summed E-state index contributed by atoms with van der Waals surface area (Å²) in [5.41, 5.74) is -1.13. The Morgan fingerprint density at radius 1 is 0.923 bits per heavy atom. The molecule has 0 heterocycles. The summed E-state index contributed by atoms with van der Waals surface area (Å²) in [5, 5.41) is 9.64. The molecule has 0 fully saturated rings. The number of imide groups is 1. The van der Waals surface area contributed by atoms with Crippen LogP contribution in [0.3, 0.4) is 0 Å². The van der Waals surface area contributed by atoms with Crippen LogP contribution < -0.4 is 0 Å². The molecule has 7 nitrogen and oxygen atoms in total. The van der Waals surface area contributed by atoms with Crippen LogP contribution >= 0.6 is 0 Å². The lowest BCUT2D eigenvalue weighted by molar-refractivity contribution is -0.143. The van der Waals surface area contributed by atoms with Gasteiger partial charge in [0.05, 0.1) is 0 Å². The zero-order valence-electron chi connectivity index (χ0n) is 16.1. The quantitative estimate of drug-likeness (QED) is 0.871. The first kappa shape index (κ1) is 21.5. The Bertz CT molecular complexity index is 614. The topological polar surface area (TPSA) is 93.1 Å². The summed E-state index contributed by atoms with van der Waals surface area (Å²) in [6, 6.07) is 7.27. The molecule has 1 atom stereocenters. The number of carboxylic acids is 1. The molecule has 0 aromatic heterocycles. The molecule has 2 amide bonds. The van der Waals surface area contributed by atoms with E-state index >= 15 is 0 Å². The van der Waals surface area contributed by atoms with Crippen molar-refractivity contribution in [2.45, 2.75) is 65.2 Å². The van der Waals surface area contributed by atoms with Gasteiger partial charge in [0.15, 0.2) is 0 Å². The standard InChI is InChI=1S/C19H27NO6/c1-18(2,3)25-16(23)20(17(24)26-19(4,5)6)14(15(21)22)12-13-10-8-7-9-11-13/h7-11,14H,12H2,1-6H3,(H,21,22). The first-order chi connectivity index (χ1) is 11.8. The van der Waals surface area contributed by atoms with Crippen LogP contribution in [-0.2, 0) is 20.7 Å². The van der Waals surface area contributed by atoms with Gasteiger partial charge in [-0.05, 0) is 47.1 Å². The lowest BCUT2D eigenvalue weighted by Crippen LogP contribution is -2.52. The van der Waals surface area contributed by atoms with Gasteiger partial charge in [-0.3, -0.25) is 0 Å². The molecule has 0 aliphatic rings. The van der Waals surface area contributed by atoms with E-state index in [4.69, 9.17) is 9.47 Å². The highest BCUT2D eigenvalue weighted by molar-refractivity contribution is 5.93. The fraction of sp³-hybridized carbons (Fsp3) is 0.526. The molecule has 0 spiro atoms. The number of carbonyl (C=O) groups excluding carboxylic acids is 2. The van der Waals surface area contributed by atoms with Crippen molar-refractivity contribution in [3.05, 3.63) is 35.9 Å². The van der Waals surface area contributed by atoms with Crippen LogP contribution in [-0.4, -0.2) is 45.4 Å². The van der Waals surface area contributed by atoms with Crippen LogP contribution in [0.4, 0.5) is 9.59 Å². The van der Waals surface area contributed by atoms with E-state index in [-0.39, 0.29) is 6.42 Å². The maximum Gasteiger partial charge on any atom is 0.420 e. The monoisotopic (exact) mass is 365 g/mol. The Balaban J connectivity index is 3.22. The van der Waals surface area contributed by atoms with Crippen molar-refractivity contribution in [1.82, 2.24) is 4.90 Å². The second kappa shape index (κ2) is 8.21. The van der Waals surface area contributed by atoms with Crippen molar-refractivity contribution < 1.29 is 29.0 Å². The van der Waals surface area contributed by atoms with Gasteiger partial charge in [-0.1, -0.05) is 30.3 Å². The average molecular weight is 365 g/mol. The maximum atomic E-state index is 12.6. The van der Waals surface area contributed by atoms with Crippen LogP contribution in [0.25, 0.3) is 0 Å². The van der Waals surface area contributed by atoms with E-state index in [1.54, 1.807) is 71.9 Å². The van der Waals surface area contributed by atoms with E-state index in [9.17, 15) is 19.5 Å². The molecule has 144 valence electrons. The second-order valence-corrected chi connectivity index (χ2v) is 7.87. The molecular formula is C19H27NO6. The minimum absolute atomic E-state index is 0.0609. The van der Waals surface area contributed by atoms with Gasteiger partial charge in [0, 0.05) is 6.42 Å². The molecule has 0 saturated carbocycles. The fourth-order valence-electron chi connectivity index (χ4n) is 2.08. The zero-order chi connectivity index (χ0) is 20.1. The molecule has 0 radical (unpaired) electrons. The van der Waals surface area contributed by atoms with Crippen LogP contribution in [0.2, 0.25) is 0 Å². The Hall–Kier alpha value is -2.57. The normalized spacial score (nSPS) is 12.8. The van der Waals surface area contributed by atoms with Crippen LogP contribution in [0.15, 0.2) is 30.3 Å². The molecule has 7 heteroatoms. The highest BCUT2D eigenvalue weighted by Gasteiger charge is 2.40. The molecular weight excluding hydrogens is 338 g/mol. The molecule has 1 aromatic rings. The number of carbonyl (C=O) groups is 3. The fourth-order valence-corrected chi connectivity index (χ4v) is 2.08. The van der Waals surface area contributed by atoms with E-state index in [0.717, 1.165) is 0 Å². The molecule has 1 N–H and O–H groups in total. The molecule has 0 bridgehead atoms. The molecule has 1 rings (SSSR count). The Morgan fingerprint density at radius 3 is 1.69 bits per heavy atom. The highest BCUT2D eigenvalue weighted by atomic mass is 16.6. The number of hydrogen-bond donors (Lipinski definition) is 1. The van der Waals surface area contributed by atoms with Crippen molar-refractivity contribution in [2.75, 3.05) is 0 Å². The number of amides is 2. The molecule has 0 aliphatic carbocycles. The van der Waals surface area contributed by atoms with Gasteiger partial charge in [-0.15, -0.1) is 0 Å². The Kier molecular flexibility index (Phi) is 6.78. The average Bonchev–Trinajstić information content (AvgIpc) is 2.43. The predicted octanol–water partition coefficient (Wildman–Crippen LogP) is 3.85. The zero-order valence-corrected chi connectivity index (χ0v) is 16.1. The predicted molar refractivity (Wildman–Crippen MR) is 95.9 cm³/mol. The van der Waals surface area contributed by atoms with Crippen LogP contribution in [0, 0.1) is 0 Å². The van der Waals surface area contributed by atoms with E-state index < -0.39 is 35.4 Å². The number of ether oxygens (including phenoxy) is 2. The van der Waals surface area contributed by atoms with Crippen LogP contribution in [0.1, 0.15) is 47.1 Å². The van der Waals surface area contributed by atoms with Gasteiger partial charge in [-0.2, -0.15) is 4.90 Å². The molecule has 26 heavy (non-hydrogen) atoms. The minimum Gasteiger partial charge on any atom is -0.480 e. The van der Waals surface area contributed by atoms with Crippen molar-refractivity contribution in [3.63, 3.8) is 0 Å². The number of nitrogens with zero attached hydrogens (tertiary/aromatic N) is 1. The summed E-state index contributed by atoms with van der Waals surface area (Å²) >= 11 is 0. The summed E-state index contributed by atoms with van der Waals surface area (Å²) in [4.78, 5) is 37.5. The summed E-state index contributed by atoms with van der Waals surface area (Å²) in [7, 11) is 0. The van der Waals surface area contributed by atoms with Gasteiger partial charge >= 0.3 is 18.2 Å². The summed E-state index contributed by atoms with van der Waals surface area (Å²) in [6.45, 7) is 9.78. The number of benzene rings is 1. The third-order valence-corrected chi connectivity index (χ3v) is 3.05. The summed E-state index contributed by atoms with van der Waals surface area (Å²) in [5.74, 6) is -1.33. The molecule has 0 aliphatic heterocycles. The van der Waals surface area contributed by atoms with E-state index in [0.29, 0.717) is 10.5 Å². The first-order valence-electron chi connectivity index (χ1n) is 8.32. The molecule has 1 aromatic carbocycles. The van der Waals surface area contributed by atoms with Gasteiger partial charge in [-0.25, -0.2) is 14.4 Å². The highest BCUT2D eigenvalue weighted by Crippen LogP contribution is 2.19. The molecule has 0 saturated heterocycles. The first-order valence-corrected chi connectivity index (χ1v) is 8.32. The van der Waals surface area contributed by atoms with Crippen LogP contribution in [0.5, 0.6) is 0 Å². The number of aliphatic carboxylic acids is 1. The maximum absolute atomic E-state index is 12.6. The van der Waals surface area contributed by atoms with Crippen molar-refractivity contribution in [3.8, 4) is 0 Å². The molecule has 1 unspecified atom stereocenters. The lowest BCUT2D eigenvalue weighted by atomic mass is 10.1. The Morgan fingerprint density at radius 2 is 1.35 bits per heavy atom. The van der Waals surface area contributed by atoms with Gasteiger partial charge < -0.3 is 14.6 Å². The van der Waals surface area contributed by atoms with E-state index in [1.807, 2.05) is 0 Å². The number of carboxylic acid groups (broad SMARTS) is 1. The summed E-state index contributed by atoms with van der Waals surface area (Å²) in [6.07, 6.45) is -2.18. The van der Waals surface area contributed by atoms with Crippen molar-refractivity contribution in [2.24, 2.45) is 0 Å². The smallest absolute Gasteiger partial charge is 0.420 e. The number of rotatable bonds is 4. The third kappa shape index (κ3) is 7.13. The largest absolute Gasteiger partial charge is 0.480 e. The third-order valence-electron chi connectivity index (χ3n) is 3.05. The van der Waals surface area contributed by atoms with Gasteiger partial charge in [0.25, 0.3) is 0 Å². The van der Waals surface area contributed by atoms with Crippen molar-refractivity contribution in [1.29, 1.82) is 0 Å². The minimum atomic E-state index is -1.46. The lowest BCUT2D eigenvalue weighted by Gasteiger charge is -2.31. The van der Waals surface area contributed by atoms with Gasteiger partial charge in [0.2, 0.25) is 0 Å².